The van der Waals surface area contributed by atoms with Gasteiger partial charge in [-0.15, -0.1) is 0 Å². The lowest BCUT2D eigenvalue weighted by atomic mass is 10.0. The van der Waals surface area contributed by atoms with Crippen molar-refractivity contribution in [1.82, 2.24) is 9.78 Å². The first-order chi connectivity index (χ1) is 8.91. The number of hydrogen-bond acceptors (Lipinski definition) is 2. The summed E-state index contributed by atoms with van der Waals surface area (Å²) >= 11 is 12.0. The van der Waals surface area contributed by atoms with E-state index in [1.807, 2.05) is 26.8 Å². The number of hydrogen-bond donors (Lipinski definition) is 0. The highest BCUT2D eigenvalue weighted by molar-refractivity contribution is 6.35. The van der Waals surface area contributed by atoms with Crippen LogP contribution in [0.2, 0.25) is 10.0 Å². The van der Waals surface area contributed by atoms with E-state index in [0.717, 1.165) is 5.56 Å². The molecule has 19 heavy (non-hydrogen) atoms. The van der Waals surface area contributed by atoms with Gasteiger partial charge in [-0.05, 0) is 38.5 Å². The minimum atomic E-state index is -0.156. The maximum Gasteiger partial charge on any atom is 0.212 e. The summed E-state index contributed by atoms with van der Waals surface area (Å²) in [6.45, 7) is 5.77. The van der Waals surface area contributed by atoms with E-state index in [1.165, 1.54) is 6.20 Å². The molecule has 0 N–H and O–H groups in total. The van der Waals surface area contributed by atoms with Crippen LogP contribution in [0, 0.1) is 6.92 Å². The summed E-state index contributed by atoms with van der Waals surface area (Å²) in [7, 11) is 0. The third kappa shape index (κ3) is 2.67. The zero-order chi connectivity index (χ0) is 14.2. The molecule has 1 heterocycles. The average molecular weight is 297 g/mol. The number of halogens is 2. The first-order valence-corrected chi connectivity index (χ1v) is 6.71. The lowest BCUT2D eigenvalue weighted by Gasteiger charge is -2.12. The first-order valence-electron chi connectivity index (χ1n) is 5.95. The monoisotopic (exact) mass is 296 g/mol. The fourth-order valence-corrected chi connectivity index (χ4v) is 2.30. The topological polar surface area (TPSA) is 34.9 Å². The van der Waals surface area contributed by atoms with Crippen LogP contribution in [0.25, 0.3) is 0 Å². The van der Waals surface area contributed by atoms with Gasteiger partial charge >= 0.3 is 0 Å². The van der Waals surface area contributed by atoms with Crippen molar-refractivity contribution in [2.24, 2.45) is 0 Å². The van der Waals surface area contributed by atoms with E-state index in [1.54, 1.807) is 16.8 Å². The van der Waals surface area contributed by atoms with Gasteiger partial charge in [0.15, 0.2) is 0 Å². The third-order valence-corrected chi connectivity index (χ3v) is 3.41. The molecule has 0 aliphatic rings. The van der Waals surface area contributed by atoms with Crippen LogP contribution in [0.4, 0.5) is 0 Å². The van der Waals surface area contributed by atoms with Crippen molar-refractivity contribution in [2.45, 2.75) is 26.8 Å². The third-order valence-electron chi connectivity index (χ3n) is 2.90. The lowest BCUT2D eigenvalue weighted by molar-refractivity contribution is 0.102. The molecule has 2 aromatic rings. The minimum Gasteiger partial charge on any atom is -0.287 e. The number of aryl methyl sites for hydroxylation is 1. The number of carbonyl (C=O) groups is 1. The number of ketones is 1. The summed E-state index contributed by atoms with van der Waals surface area (Å²) in [5.41, 5.74) is 1.82. The van der Waals surface area contributed by atoms with E-state index in [-0.39, 0.29) is 11.8 Å². The van der Waals surface area contributed by atoms with Gasteiger partial charge in [0.05, 0.1) is 11.2 Å². The van der Waals surface area contributed by atoms with Crippen LogP contribution >= 0.6 is 23.2 Å². The molecule has 0 unspecified atom stereocenters. The van der Waals surface area contributed by atoms with E-state index in [0.29, 0.717) is 21.3 Å². The molecule has 0 spiro atoms. The van der Waals surface area contributed by atoms with Crippen LogP contribution in [-0.2, 0) is 0 Å². The second-order valence-corrected chi connectivity index (χ2v) is 5.51. The number of aromatic nitrogens is 2. The highest BCUT2D eigenvalue weighted by Crippen LogP contribution is 2.25. The van der Waals surface area contributed by atoms with E-state index < -0.39 is 0 Å². The Kier molecular flexibility index (Phi) is 3.97. The molecule has 0 fully saturated rings. The number of benzene rings is 1. The van der Waals surface area contributed by atoms with Gasteiger partial charge in [0.25, 0.3) is 0 Å². The Morgan fingerprint density at radius 2 is 2.00 bits per heavy atom. The summed E-state index contributed by atoms with van der Waals surface area (Å²) in [5, 5.41) is 5.03. The van der Waals surface area contributed by atoms with Crippen LogP contribution in [0.3, 0.4) is 0 Å². The maximum absolute atomic E-state index is 12.6. The first kappa shape index (κ1) is 14.1. The number of nitrogens with zero attached hydrogens (tertiary/aromatic N) is 2. The van der Waals surface area contributed by atoms with E-state index in [2.05, 4.69) is 5.10 Å². The Bertz CT molecular complexity index is 632. The van der Waals surface area contributed by atoms with Gasteiger partial charge in [0.2, 0.25) is 5.78 Å². The molecule has 0 radical (unpaired) electrons. The number of rotatable bonds is 3. The Hall–Kier alpha value is -1.32. The summed E-state index contributed by atoms with van der Waals surface area (Å²) in [6, 6.07) is 5.30. The van der Waals surface area contributed by atoms with Crippen LogP contribution in [0.1, 0.15) is 41.5 Å². The zero-order valence-electron chi connectivity index (χ0n) is 10.9. The predicted molar refractivity (Wildman–Crippen MR) is 77.2 cm³/mol. The van der Waals surface area contributed by atoms with Crippen LogP contribution in [-0.4, -0.2) is 15.6 Å². The van der Waals surface area contributed by atoms with Crippen molar-refractivity contribution >= 4 is 29.0 Å². The minimum absolute atomic E-state index is 0.0611. The average Bonchev–Trinajstić information content (AvgIpc) is 2.73. The van der Waals surface area contributed by atoms with Crippen molar-refractivity contribution in [1.29, 1.82) is 0 Å². The zero-order valence-corrected chi connectivity index (χ0v) is 12.5. The molecule has 0 aliphatic heterocycles. The van der Waals surface area contributed by atoms with E-state index in [4.69, 9.17) is 23.2 Å². The molecule has 0 atom stereocenters. The van der Waals surface area contributed by atoms with Crippen molar-refractivity contribution in [3.63, 3.8) is 0 Å². The molecule has 100 valence electrons. The molecular weight excluding hydrogens is 283 g/mol. The van der Waals surface area contributed by atoms with Gasteiger partial charge in [-0.3, -0.25) is 9.48 Å². The molecule has 5 heteroatoms. The molecule has 0 saturated heterocycles. The molecule has 0 bridgehead atoms. The second-order valence-electron chi connectivity index (χ2n) is 4.67. The van der Waals surface area contributed by atoms with Gasteiger partial charge < -0.3 is 0 Å². The SMILES string of the molecule is Cc1ccc(Cl)cc1C(=O)c1c(Cl)cnn1C(C)C. The van der Waals surface area contributed by atoms with E-state index >= 15 is 0 Å². The molecule has 1 aromatic heterocycles. The highest BCUT2D eigenvalue weighted by Gasteiger charge is 2.22. The molecule has 0 saturated carbocycles. The molecular formula is C14H14Cl2N2O. The van der Waals surface area contributed by atoms with Gasteiger partial charge in [-0.2, -0.15) is 5.10 Å². The fraction of sp³-hybridized carbons (Fsp3) is 0.286. The largest absolute Gasteiger partial charge is 0.287 e. The Morgan fingerprint density at radius 1 is 1.32 bits per heavy atom. The lowest BCUT2D eigenvalue weighted by Crippen LogP contribution is -2.14. The quantitative estimate of drug-likeness (QED) is 0.791. The molecule has 3 nitrogen and oxygen atoms in total. The van der Waals surface area contributed by atoms with Crippen LogP contribution in [0.15, 0.2) is 24.4 Å². The Balaban J connectivity index is 2.56. The molecule has 2 rings (SSSR count). The molecule has 1 aromatic carbocycles. The summed E-state index contributed by atoms with van der Waals surface area (Å²) in [5.74, 6) is -0.156. The Labute approximate surface area is 122 Å². The van der Waals surface area contributed by atoms with Crippen molar-refractivity contribution in [3.05, 3.63) is 51.3 Å². The maximum atomic E-state index is 12.6. The summed E-state index contributed by atoms with van der Waals surface area (Å²) < 4.78 is 1.63. The molecule has 0 aliphatic carbocycles. The van der Waals surface area contributed by atoms with Crippen molar-refractivity contribution in [2.75, 3.05) is 0 Å². The van der Waals surface area contributed by atoms with E-state index in [9.17, 15) is 4.79 Å². The smallest absolute Gasteiger partial charge is 0.212 e. The van der Waals surface area contributed by atoms with Crippen molar-refractivity contribution < 1.29 is 4.79 Å². The second kappa shape index (κ2) is 5.35. The van der Waals surface area contributed by atoms with Gasteiger partial charge in [0.1, 0.15) is 5.69 Å². The Morgan fingerprint density at radius 3 is 2.63 bits per heavy atom. The van der Waals surface area contributed by atoms with Gasteiger partial charge in [-0.25, -0.2) is 0 Å². The standard InChI is InChI=1S/C14H14Cl2N2O/c1-8(2)18-13(12(16)7-17-18)14(19)11-6-10(15)5-4-9(11)3/h4-8H,1-3H3. The summed E-state index contributed by atoms with van der Waals surface area (Å²) in [6.07, 6.45) is 1.49. The van der Waals surface area contributed by atoms with Gasteiger partial charge in [0, 0.05) is 16.6 Å². The fourth-order valence-electron chi connectivity index (χ4n) is 1.91. The highest BCUT2D eigenvalue weighted by atomic mass is 35.5. The van der Waals surface area contributed by atoms with Crippen LogP contribution < -0.4 is 0 Å². The summed E-state index contributed by atoms with van der Waals surface area (Å²) in [4.78, 5) is 12.6. The number of carbonyl (C=O) groups excluding carboxylic acids is 1. The van der Waals surface area contributed by atoms with Crippen molar-refractivity contribution in [3.8, 4) is 0 Å². The van der Waals surface area contributed by atoms with Crippen LogP contribution in [0.5, 0.6) is 0 Å². The predicted octanol–water partition coefficient (Wildman–Crippen LogP) is 4.31. The molecule has 0 amide bonds. The normalized spacial score (nSPS) is 11.1. The van der Waals surface area contributed by atoms with Gasteiger partial charge in [-0.1, -0.05) is 29.3 Å².